The lowest BCUT2D eigenvalue weighted by Crippen LogP contribution is -2.34. The summed E-state index contributed by atoms with van der Waals surface area (Å²) in [6.07, 6.45) is 4.03. The van der Waals surface area contributed by atoms with Gasteiger partial charge in [-0.25, -0.2) is 4.98 Å². The Hall–Kier alpha value is -1.13. The predicted octanol–water partition coefficient (Wildman–Crippen LogP) is 4.41. The van der Waals surface area contributed by atoms with Crippen LogP contribution < -0.4 is 5.32 Å². The number of aryl methyl sites for hydroxylation is 1. The lowest BCUT2D eigenvalue weighted by Gasteiger charge is -2.36. The summed E-state index contributed by atoms with van der Waals surface area (Å²) < 4.78 is 5.89. The van der Waals surface area contributed by atoms with E-state index in [9.17, 15) is 0 Å². The first-order chi connectivity index (χ1) is 9.44. The summed E-state index contributed by atoms with van der Waals surface area (Å²) in [4.78, 5) is 4.41. The van der Waals surface area contributed by atoms with Crippen molar-refractivity contribution in [1.82, 2.24) is 10.3 Å². The largest absolute Gasteiger partial charge is 0.466 e. The van der Waals surface area contributed by atoms with Gasteiger partial charge in [-0.3, -0.25) is 0 Å². The lowest BCUT2D eigenvalue weighted by atomic mass is 9.74. The smallest absolute Gasteiger partial charge is 0.109 e. The van der Waals surface area contributed by atoms with Crippen molar-refractivity contribution in [2.45, 2.75) is 52.6 Å². The molecule has 4 heteroatoms. The van der Waals surface area contributed by atoms with Crippen LogP contribution in [0.15, 0.2) is 22.1 Å². The van der Waals surface area contributed by atoms with E-state index in [2.05, 4.69) is 37.1 Å². The van der Waals surface area contributed by atoms with E-state index in [1.54, 1.807) is 11.3 Å². The number of hydrogen-bond acceptors (Lipinski definition) is 4. The zero-order valence-electron chi connectivity index (χ0n) is 12.6. The molecule has 0 bridgehead atoms. The molecule has 3 nitrogen and oxygen atoms in total. The molecule has 0 amide bonds. The van der Waals surface area contributed by atoms with Gasteiger partial charge in [0.15, 0.2) is 0 Å². The molecule has 2 unspecified atom stereocenters. The Labute approximate surface area is 124 Å². The lowest BCUT2D eigenvalue weighted by molar-refractivity contribution is 0.226. The maximum Gasteiger partial charge on any atom is 0.109 e. The van der Waals surface area contributed by atoms with Crippen molar-refractivity contribution in [1.29, 1.82) is 0 Å². The molecule has 3 rings (SSSR count). The van der Waals surface area contributed by atoms with Crippen molar-refractivity contribution >= 4 is 11.3 Å². The van der Waals surface area contributed by atoms with Crippen LogP contribution in [0.4, 0.5) is 0 Å². The van der Waals surface area contributed by atoms with Crippen molar-refractivity contribution in [2.75, 3.05) is 0 Å². The van der Waals surface area contributed by atoms with E-state index in [-0.39, 0.29) is 11.5 Å². The second-order valence-corrected chi connectivity index (χ2v) is 7.52. The summed E-state index contributed by atoms with van der Waals surface area (Å²) >= 11 is 1.71. The number of thiazole rings is 1. The van der Waals surface area contributed by atoms with Crippen LogP contribution in [0.1, 0.15) is 61.4 Å². The van der Waals surface area contributed by atoms with Crippen LogP contribution in [-0.4, -0.2) is 4.98 Å². The molecule has 1 aliphatic rings. The SMILES string of the molecule is Cc1cc2c(o1)CC(C)(C)CC2NC(C)c1nccs1. The minimum atomic E-state index is 0.275. The van der Waals surface area contributed by atoms with Crippen molar-refractivity contribution in [3.05, 3.63) is 39.7 Å². The Balaban J connectivity index is 1.85. The highest BCUT2D eigenvalue weighted by molar-refractivity contribution is 7.09. The standard InChI is InChI=1S/C16H22N2OS/c1-10-7-12-13(8-16(3,4)9-14(12)19-10)18-11(2)15-17-5-6-20-15/h5-7,11,13,18H,8-9H2,1-4H3. The molecule has 108 valence electrons. The minimum absolute atomic E-state index is 0.275. The van der Waals surface area contributed by atoms with Gasteiger partial charge in [0.2, 0.25) is 0 Å². The second kappa shape index (κ2) is 5.01. The fourth-order valence-electron chi connectivity index (χ4n) is 3.15. The maximum absolute atomic E-state index is 5.89. The molecular formula is C16H22N2OS. The molecular weight excluding hydrogens is 268 g/mol. The molecule has 20 heavy (non-hydrogen) atoms. The van der Waals surface area contributed by atoms with Gasteiger partial charge in [-0.1, -0.05) is 13.8 Å². The van der Waals surface area contributed by atoms with Crippen molar-refractivity contribution in [3.63, 3.8) is 0 Å². The number of aromatic nitrogens is 1. The molecule has 0 aromatic carbocycles. The summed E-state index contributed by atoms with van der Waals surface area (Å²) in [6, 6.07) is 2.82. The quantitative estimate of drug-likeness (QED) is 0.910. The molecule has 2 aromatic rings. The highest BCUT2D eigenvalue weighted by Gasteiger charge is 2.35. The van der Waals surface area contributed by atoms with Gasteiger partial charge in [0.05, 0.1) is 6.04 Å². The number of rotatable bonds is 3. The van der Waals surface area contributed by atoms with Crippen LogP contribution in [0.2, 0.25) is 0 Å². The average Bonchev–Trinajstić information content (AvgIpc) is 2.95. The third-order valence-corrected chi connectivity index (χ3v) is 4.97. The van der Waals surface area contributed by atoms with Crippen LogP contribution >= 0.6 is 11.3 Å². The Morgan fingerprint density at radius 1 is 1.50 bits per heavy atom. The molecule has 1 aliphatic carbocycles. The molecule has 0 fully saturated rings. The third-order valence-electron chi connectivity index (χ3n) is 4.01. The molecule has 0 saturated heterocycles. The monoisotopic (exact) mass is 290 g/mol. The molecule has 1 N–H and O–H groups in total. The summed E-state index contributed by atoms with van der Waals surface area (Å²) in [5.41, 5.74) is 1.61. The first-order valence-corrected chi connectivity index (χ1v) is 8.07. The van der Waals surface area contributed by atoms with Crippen molar-refractivity contribution in [3.8, 4) is 0 Å². The zero-order valence-corrected chi connectivity index (χ0v) is 13.4. The Bertz CT molecular complexity index is 586. The minimum Gasteiger partial charge on any atom is -0.466 e. The first-order valence-electron chi connectivity index (χ1n) is 7.19. The van der Waals surface area contributed by atoms with E-state index < -0.39 is 0 Å². The number of nitrogens with zero attached hydrogens (tertiary/aromatic N) is 1. The molecule has 0 saturated carbocycles. The first kappa shape index (κ1) is 13.8. The Morgan fingerprint density at radius 2 is 2.30 bits per heavy atom. The Morgan fingerprint density at radius 3 is 3.00 bits per heavy atom. The van der Waals surface area contributed by atoms with E-state index in [1.165, 1.54) is 5.56 Å². The van der Waals surface area contributed by atoms with Gasteiger partial charge >= 0.3 is 0 Å². The molecule has 0 spiro atoms. The van der Waals surface area contributed by atoms with Gasteiger partial charge in [-0.15, -0.1) is 11.3 Å². The van der Waals surface area contributed by atoms with Crippen molar-refractivity contribution in [2.24, 2.45) is 5.41 Å². The van der Waals surface area contributed by atoms with Crippen LogP contribution in [-0.2, 0) is 6.42 Å². The third kappa shape index (κ3) is 2.67. The highest BCUT2D eigenvalue weighted by atomic mass is 32.1. The number of furan rings is 1. The van der Waals surface area contributed by atoms with Crippen LogP contribution in [0, 0.1) is 12.3 Å². The van der Waals surface area contributed by atoms with E-state index in [0.29, 0.717) is 6.04 Å². The van der Waals surface area contributed by atoms with Gasteiger partial charge in [0.25, 0.3) is 0 Å². The van der Waals surface area contributed by atoms with E-state index in [0.717, 1.165) is 29.4 Å². The fraction of sp³-hybridized carbons (Fsp3) is 0.562. The number of nitrogens with one attached hydrogen (secondary N) is 1. The fourth-order valence-corrected chi connectivity index (χ4v) is 3.81. The maximum atomic E-state index is 5.89. The Kier molecular flexibility index (Phi) is 3.46. The molecule has 0 radical (unpaired) electrons. The van der Waals surface area contributed by atoms with Crippen molar-refractivity contribution < 1.29 is 4.42 Å². The number of hydrogen-bond donors (Lipinski definition) is 1. The average molecular weight is 290 g/mol. The van der Waals surface area contributed by atoms with E-state index >= 15 is 0 Å². The zero-order chi connectivity index (χ0) is 14.3. The van der Waals surface area contributed by atoms with Crippen LogP contribution in [0.3, 0.4) is 0 Å². The topological polar surface area (TPSA) is 38.1 Å². The van der Waals surface area contributed by atoms with Gasteiger partial charge in [0, 0.05) is 29.6 Å². The molecule has 2 heterocycles. The summed E-state index contributed by atoms with van der Waals surface area (Å²) in [5.74, 6) is 2.17. The van der Waals surface area contributed by atoms with Crippen LogP contribution in [0.5, 0.6) is 0 Å². The van der Waals surface area contributed by atoms with Gasteiger partial charge in [0.1, 0.15) is 16.5 Å². The summed E-state index contributed by atoms with van der Waals surface area (Å²) in [7, 11) is 0. The van der Waals surface area contributed by atoms with Gasteiger partial charge < -0.3 is 9.73 Å². The highest BCUT2D eigenvalue weighted by Crippen LogP contribution is 2.42. The predicted molar refractivity (Wildman–Crippen MR) is 82.0 cm³/mol. The normalized spacial score (nSPS) is 22.5. The molecule has 0 aliphatic heterocycles. The molecule has 2 atom stereocenters. The second-order valence-electron chi connectivity index (χ2n) is 6.59. The van der Waals surface area contributed by atoms with E-state index in [4.69, 9.17) is 4.42 Å². The van der Waals surface area contributed by atoms with Gasteiger partial charge in [-0.2, -0.15) is 0 Å². The summed E-state index contributed by atoms with van der Waals surface area (Å²) in [5, 5.41) is 6.92. The van der Waals surface area contributed by atoms with Crippen LogP contribution in [0.25, 0.3) is 0 Å². The van der Waals surface area contributed by atoms with E-state index in [1.807, 2.05) is 18.5 Å². The van der Waals surface area contributed by atoms with Gasteiger partial charge in [-0.05, 0) is 31.7 Å². The molecule has 2 aromatic heterocycles. The summed E-state index contributed by atoms with van der Waals surface area (Å²) in [6.45, 7) is 8.85. The number of fused-ring (bicyclic) bond motifs is 1.